The zero-order chi connectivity index (χ0) is 20.1. The number of benzene rings is 1. The number of nitrogens with one attached hydrogen (secondary N) is 1. The fourth-order valence-corrected chi connectivity index (χ4v) is 3.35. The molecule has 2 aromatic rings. The zero-order valence-electron chi connectivity index (χ0n) is 16.7. The van der Waals surface area contributed by atoms with E-state index in [1.54, 1.807) is 0 Å². The molecule has 1 N–H and O–H groups in total. The van der Waals surface area contributed by atoms with Crippen molar-refractivity contribution in [2.24, 2.45) is 0 Å². The molecule has 0 aliphatic carbocycles. The predicted molar refractivity (Wildman–Crippen MR) is 109 cm³/mol. The van der Waals surface area contributed by atoms with Crippen molar-refractivity contribution in [2.75, 3.05) is 32.7 Å². The van der Waals surface area contributed by atoms with E-state index < -0.39 is 0 Å². The summed E-state index contributed by atoms with van der Waals surface area (Å²) >= 11 is 5.92. The quantitative estimate of drug-likeness (QED) is 0.824. The van der Waals surface area contributed by atoms with Gasteiger partial charge in [0.2, 0.25) is 17.6 Å². The summed E-state index contributed by atoms with van der Waals surface area (Å²) in [6, 6.07) is 7.38. The van der Waals surface area contributed by atoms with E-state index in [2.05, 4.69) is 25.3 Å². The van der Waals surface area contributed by atoms with Crippen LogP contribution in [0.5, 0.6) is 0 Å². The number of halogens is 1. The van der Waals surface area contributed by atoms with Gasteiger partial charge in [0.05, 0.1) is 13.1 Å². The minimum Gasteiger partial charge on any atom is -0.350 e. The summed E-state index contributed by atoms with van der Waals surface area (Å²) in [5.41, 5.74) is 0.681. The van der Waals surface area contributed by atoms with Crippen molar-refractivity contribution in [1.29, 1.82) is 0 Å². The highest BCUT2D eigenvalue weighted by atomic mass is 35.5. The second kappa shape index (κ2) is 9.03. The van der Waals surface area contributed by atoms with Gasteiger partial charge in [-0.3, -0.25) is 14.6 Å². The molecule has 28 heavy (non-hydrogen) atoms. The van der Waals surface area contributed by atoms with Crippen molar-refractivity contribution in [3.63, 3.8) is 0 Å². The van der Waals surface area contributed by atoms with E-state index in [4.69, 9.17) is 16.1 Å². The zero-order valence-corrected chi connectivity index (χ0v) is 17.5. The SMILES string of the molecule is CC(C)(C)NC(=O)CN1CCCN(Cc2nc(-c3ccc(Cl)cc3)no2)CC1. The highest BCUT2D eigenvalue weighted by Gasteiger charge is 2.21. The smallest absolute Gasteiger partial charge is 0.241 e. The summed E-state index contributed by atoms with van der Waals surface area (Å²) in [4.78, 5) is 21.2. The second-order valence-corrected chi connectivity index (χ2v) is 8.66. The van der Waals surface area contributed by atoms with Gasteiger partial charge in [-0.15, -0.1) is 0 Å². The summed E-state index contributed by atoms with van der Waals surface area (Å²) in [6.07, 6.45) is 1.00. The van der Waals surface area contributed by atoms with Gasteiger partial charge in [-0.2, -0.15) is 4.98 Å². The van der Waals surface area contributed by atoms with Crippen LogP contribution in [0.15, 0.2) is 28.8 Å². The Hall–Kier alpha value is -1.96. The first-order valence-corrected chi connectivity index (χ1v) is 10.0. The van der Waals surface area contributed by atoms with Crippen molar-refractivity contribution >= 4 is 17.5 Å². The van der Waals surface area contributed by atoms with E-state index in [-0.39, 0.29) is 11.4 Å². The van der Waals surface area contributed by atoms with Crippen LogP contribution in [0.2, 0.25) is 5.02 Å². The summed E-state index contributed by atoms with van der Waals surface area (Å²) in [6.45, 7) is 10.6. The number of rotatable bonds is 5. The van der Waals surface area contributed by atoms with Crippen LogP contribution in [-0.4, -0.2) is 64.1 Å². The molecule has 0 radical (unpaired) electrons. The van der Waals surface area contributed by atoms with Gasteiger partial charge in [-0.05, 0) is 64.5 Å². The van der Waals surface area contributed by atoms with Crippen LogP contribution < -0.4 is 5.32 Å². The molecule has 1 aliphatic heterocycles. The molecule has 1 saturated heterocycles. The molecule has 7 nitrogen and oxygen atoms in total. The van der Waals surface area contributed by atoms with Crippen LogP contribution in [0.3, 0.4) is 0 Å². The Morgan fingerprint density at radius 1 is 1.14 bits per heavy atom. The largest absolute Gasteiger partial charge is 0.350 e. The number of aromatic nitrogens is 2. The molecule has 8 heteroatoms. The van der Waals surface area contributed by atoms with Gasteiger partial charge in [0.1, 0.15) is 0 Å². The standard InChI is InChI=1S/C20H28ClN5O2/c1-20(2,3)23-17(27)13-25-9-4-10-26(12-11-25)14-18-22-19(24-28-18)15-5-7-16(21)8-6-15/h5-8H,4,9-14H2,1-3H3,(H,23,27). The molecular weight excluding hydrogens is 378 g/mol. The van der Waals surface area contributed by atoms with Crippen molar-refractivity contribution in [2.45, 2.75) is 39.3 Å². The Bertz CT molecular complexity index is 785. The highest BCUT2D eigenvalue weighted by molar-refractivity contribution is 6.30. The number of hydrogen-bond acceptors (Lipinski definition) is 6. The van der Waals surface area contributed by atoms with E-state index in [9.17, 15) is 4.79 Å². The van der Waals surface area contributed by atoms with Gasteiger partial charge in [0.25, 0.3) is 0 Å². The average Bonchev–Trinajstić information content (AvgIpc) is 2.95. The van der Waals surface area contributed by atoms with E-state index in [1.807, 2.05) is 45.0 Å². The lowest BCUT2D eigenvalue weighted by molar-refractivity contribution is -0.123. The van der Waals surface area contributed by atoms with E-state index in [0.717, 1.165) is 38.2 Å². The summed E-state index contributed by atoms with van der Waals surface area (Å²) in [5.74, 6) is 1.25. The molecule has 2 heterocycles. The molecule has 0 atom stereocenters. The second-order valence-electron chi connectivity index (χ2n) is 8.22. The van der Waals surface area contributed by atoms with Gasteiger partial charge in [-0.1, -0.05) is 16.8 Å². The topological polar surface area (TPSA) is 74.5 Å². The lowest BCUT2D eigenvalue weighted by Crippen LogP contribution is -2.46. The van der Waals surface area contributed by atoms with Gasteiger partial charge in [0.15, 0.2) is 0 Å². The number of hydrogen-bond donors (Lipinski definition) is 1. The minimum atomic E-state index is -0.200. The third-order valence-corrected chi connectivity index (χ3v) is 4.74. The maximum Gasteiger partial charge on any atom is 0.241 e. The molecule has 1 fully saturated rings. The summed E-state index contributed by atoms with van der Waals surface area (Å²) in [5, 5.41) is 7.78. The number of carbonyl (C=O) groups excluding carboxylic acids is 1. The molecule has 1 amide bonds. The lowest BCUT2D eigenvalue weighted by Gasteiger charge is -2.24. The summed E-state index contributed by atoms with van der Waals surface area (Å²) in [7, 11) is 0. The molecular formula is C20H28ClN5O2. The van der Waals surface area contributed by atoms with Crippen molar-refractivity contribution in [3.8, 4) is 11.4 Å². The van der Waals surface area contributed by atoms with Crippen LogP contribution in [0, 0.1) is 0 Å². The van der Waals surface area contributed by atoms with Gasteiger partial charge >= 0.3 is 0 Å². The number of nitrogens with zero attached hydrogens (tertiary/aromatic N) is 4. The maximum absolute atomic E-state index is 12.2. The Labute approximate surface area is 171 Å². The number of amides is 1. The van der Waals surface area contributed by atoms with Crippen molar-refractivity contribution in [3.05, 3.63) is 35.2 Å². The molecule has 1 aromatic carbocycles. The molecule has 152 valence electrons. The van der Waals surface area contributed by atoms with Crippen LogP contribution in [0.25, 0.3) is 11.4 Å². The van der Waals surface area contributed by atoms with Crippen LogP contribution >= 0.6 is 11.6 Å². The first-order chi connectivity index (χ1) is 13.3. The Kier molecular flexibility index (Phi) is 6.69. The summed E-state index contributed by atoms with van der Waals surface area (Å²) < 4.78 is 5.43. The van der Waals surface area contributed by atoms with E-state index in [1.165, 1.54) is 0 Å². The molecule has 0 spiro atoms. The first-order valence-electron chi connectivity index (χ1n) is 9.63. The fraction of sp³-hybridized carbons (Fsp3) is 0.550. The van der Waals surface area contributed by atoms with E-state index in [0.29, 0.717) is 29.8 Å². The Morgan fingerprint density at radius 3 is 2.54 bits per heavy atom. The van der Waals surface area contributed by atoms with Gasteiger partial charge in [-0.25, -0.2) is 0 Å². The van der Waals surface area contributed by atoms with Crippen LogP contribution in [0.4, 0.5) is 0 Å². The Balaban J connectivity index is 1.51. The molecule has 1 aliphatic rings. The van der Waals surface area contributed by atoms with Gasteiger partial charge < -0.3 is 9.84 Å². The normalized spacial score (nSPS) is 16.7. The molecule has 0 bridgehead atoms. The van der Waals surface area contributed by atoms with E-state index >= 15 is 0 Å². The molecule has 0 saturated carbocycles. The van der Waals surface area contributed by atoms with Crippen molar-refractivity contribution in [1.82, 2.24) is 25.3 Å². The minimum absolute atomic E-state index is 0.0745. The maximum atomic E-state index is 12.2. The third-order valence-electron chi connectivity index (χ3n) is 4.49. The fourth-order valence-electron chi connectivity index (χ4n) is 3.23. The molecule has 3 rings (SSSR count). The number of carbonyl (C=O) groups is 1. The van der Waals surface area contributed by atoms with Crippen LogP contribution in [-0.2, 0) is 11.3 Å². The monoisotopic (exact) mass is 405 g/mol. The first kappa shape index (κ1) is 20.8. The highest BCUT2D eigenvalue weighted by Crippen LogP contribution is 2.19. The van der Waals surface area contributed by atoms with Crippen LogP contribution in [0.1, 0.15) is 33.1 Å². The van der Waals surface area contributed by atoms with Crippen molar-refractivity contribution < 1.29 is 9.32 Å². The van der Waals surface area contributed by atoms with Gasteiger partial charge in [0, 0.05) is 29.2 Å². The molecule has 1 aromatic heterocycles. The molecule has 0 unspecified atom stereocenters. The average molecular weight is 406 g/mol. The third kappa shape index (κ3) is 6.29. The lowest BCUT2D eigenvalue weighted by atomic mass is 10.1. The Morgan fingerprint density at radius 2 is 1.82 bits per heavy atom. The predicted octanol–water partition coefficient (Wildman–Crippen LogP) is 2.81.